The van der Waals surface area contributed by atoms with Gasteiger partial charge in [0.2, 0.25) is 16.0 Å². The topological polar surface area (TPSA) is 134 Å². The number of nitriles is 1. The lowest BCUT2D eigenvalue weighted by Crippen LogP contribution is -2.24. The van der Waals surface area contributed by atoms with E-state index in [1.54, 1.807) is 13.0 Å². The Morgan fingerprint density at radius 3 is 2.67 bits per heavy atom. The molecule has 33 heavy (non-hydrogen) atoms. The van der Waals surface area contributed by atoms with Crippen LogP contribution in [0.25, 0.3) is 0 Å². The van der Waals surface area contributed by atoms with E-state index in [0.29, 0.717) is 5.56 Å². The van der Waals surface area contributed by atoms with Crippen molar-refractivity contribution < 1.29 is 26.0 Å². The number of benzene rings is 1. The Balaban J connectivity index is 1.88. The standard InChI is InChI=1S/C20H16F4N6O2S/c1-11-2-4-14(9-17(11)33(26,31)32)29-19-27-10-16(21)18(30-19)28-13-5-3-12(6-7-25)15(8-13)20(22,23)24/h2-6,8-10,13H,1H3,(H2,26,31,32)(H2,27,28,29,30)/b12-6+. The number of rotatable bonds is 5. The number of primary sulfonamides is 1. The predicted octanol–water partition coefficient (Wildman–Crippen LogP) is 3.60. The van der Waals surface area contributed by atoms with Gasteiger partial charge in [-0.25, -0.2) is 22.9 Å². The number of nitrogens with two attached hydrogens (primary N) is 1. The van der Waals surface area contributed by atoms with Crippen molar-refractivity contribution in [3.8, 4) is 6.07 Å². The average molecular weight is 480 g/mol. The molecule has 2 aromatic rings. The zero-order valence-corrected chi connectivity index (χ0v) is 17.7. The van der Waals surface area contributed by atoms with Crippen molar-refractivity contribution in [1.82, 2.24) is 9.97 Å². The van der Waals surface area contributed by atoms with Crippen LogP contribution in [0.4, 0.5) is 35.0 Å². The molecule has 0 bridgehead atoms. The molecule has 1 heterocycles. The highest BCUT2D eigenvalue weighted by Crippen LogP contribution is 2.35. The van der Waals surface area contributed by atoms with Crippen LogP contribution in [0.2, 0.25) is 0 Å². The number of hydrogen-bond donors (Lipinski definition) is 3. The van der Waals surface area contributed by atoms with Gasteiger partial charge in [0.15, 0.2) is 11.6 Å². The summed E-state index contributed by atoms with van der Waals surface area (Å²) in [5, 5.41) is 19.1. The lowest BCUT2D eigenvalue weighted by molar-refractivity contribution is -0.0893. The van der Waals surface area contributed by atoms with Gasteiger partial charge in [0.05, 0.1) is 28.8 Å². The first-order valence-electron chi connectivity index (χ1n) is 9.15. The van der Waals surface area contributed by atoms with E-state index in [1.807, 2.05) is 0 Å². The highest BCUT2D eigenvalue weighted by Gasteiger charge is 2.37. The van der Waals surface area contributed by atoms with Gasteiger partial charge in [0.1, 0.15) is 0 Å². The number of nitrogens with zero attached hydrogens (tertiary/aromatic N) is 3. The summed E-state index contributed by atoms with van der Waals surface area (Å²) in [5.41, 5.74) is -0.720. The minimum Gasteiger partial charge on any atom is -0.358 e. The SMILES string of the molecule is Cc1ccc(Nc2ncc(F)c(NC3C=C/C(=C\C#N)C(C(F)(F)F)=C3)n2)cc1S(N)(=O)=O. The van der Waals surface area contributed by atoms with Crippen LogP contribution >= 0.6 is 0 Å². The molecular formula is C20H16F4N6O2S. The number of hydrogen-bond acceptors (Lipinski definition) is 7. The van der Waals surface area contributed by atoms with E-state index in [2.05, 4.69) is 20.6 Å². The summed E-state index contributed by atoms with van der Waals surface area (Å²) in [6.07, 6.45) is 0.0481. The molecule has 0 saturated carbocycles. The zero-order chi connectivity index (χ0) is 24.4. The lowest BCUT2D eigenvalue weighted by atomic mass is 9.96. The van der Waals surface area contributed by atoms with Gasteiger partial charge in [-0.15, -0.1) is 0 Å². The van der Waals surface area contributed by atoms with E-state index in [-0.39, 0.29) is 22.1 Å². The highest BCUT2D eigenvalue weighted by molar-refractivity contribution is 7.89. The third-order valence-electron chi connectivity index (χ3n) is 4.46. The van der Waals surface area contributed by atoms with Crippen molar-refractivity contribution in [1.29, 1.82) is 5.26 Å². The molecule has 1 atom stereocenters. The fraction of sp³-hybridized carbons (Fsp3) is 0.150. The van der Waals surface area contributed by atoms with E-state index < -0.39 is 39.4 Å². The van der Waals surface area contributed by atoms with Crippen LogP contribution in [0.3, 0.4) is 0 Å². The smallest absolute Gasteiger partial charge is 0.358 e. The van der Waals surface area contributed by atoms with E-state index in [9.17, 15) is 26.0 Å². The monoisotopic (exact) mass is 480 g/mol. The van der Waals surface area contributed by atoms with Crippen molar-refractivity contribution in [2.24, 2.45) is 5.14 Å². The average Bonchev–Trinajstić information content (AvgIpc) is 2.71. The molecule has 13 heteroatoms. The van der Waals surface area contributed by atoms with E-state index in [1.165, 1.54) is 24.3 Å². The fourth-order valence-electron chi connectivity index (χ4n) is 2.97. The van der Waals surface area contributed by atoms with Gasteiger partial charge in [-0.3, -0.25) is 0 Å². The van der Waals surface area contributed by atoms with E-state index in [4.69, 9.17) is 10.4 Å². The Morgan fingerprint density at radius 1 is 1.30 bits per heavy atom. The molecular weight excluding hydrogens is 464 g/mol. The van der Waals surface area contributed by atoms with Gasteiger partial charge in [-0.2, -0.15) is 23.4 Å². The molecule has 0 spiro atoms. The summed E-state index contributed by atoms with van der Waals surface area (Å²) in [6, 6.07) is 4.73. The minimum absolute atomic E-state index is 0.133. The van der Waals surface area contributed by atoms with Crippen LogP contribution < -0.4 is 15.8 Å². The second kappa shape index (κ2) is 9.00. The minimum atomic E-state index is -4.73. The van der Waals surface area contributed by atoms with Gasteiger partial charge in [0.25, 0.3) is 0 Å². The van der Waals surface area contributed by atoms with Crippen molar-refractivity contribution in [2.45, 2.75) is 24.0 Å². The normalized spacial score (nSPS) is 17.4. The van der Waals surface area contributed by atoms with Crippen LogP contribution in [0.1, 0.15) is 5.56 Å². The molecule has 8 nitrogen and oxygen atoms in total. The molecule has 0 fully saturated rings. The first-order chi connectivity index (χ1) is 15.4. The quantitative estimate of drug-likeness (QED) is 0.440. The number of anilines is 3. The van der Waals surface area contributed by atoms with Crippen molar-refractivity contribution >= 4 is 27.5 Å². The van der Waals surface area contributed by atoms with Gasteiger partial charge >= 0.3 is 6.18 Å². The molecule has 0 aliphatic heterocycles. The van der Waals surface area contributed by atoms with Crippen LogP contribution in [-0.4, -0.2) is 30.6 Å². The van der Waals surface area contributed by atoms with Crippen LogP contribution in [0.5, 0.6) is 0 Å². The fourth-order valence-corrected chi connectivity index (χ4v) is 3.78. The lowest BCUT2D eigenvalue weighted by Gasteiger charge is -2.21. The van der Waals surface area contributed by atoms with Crippen LogP contribution in [0, 0.1) is 24.1 Å². The summed E-state index contributed by atoms with van der Waals surface area (Å²) in [7, 11) is -3.99. The van der Waals surface area contributed by atoms with Gasteiger partial charge in [-0.1, -0.05) is 18.2 Å². The number of aromatic nitrogens is 2. The van der Waals surface area contributed by atoms with Crippen LogP contribution in [0.15, 0.2) is 64.7 Å². The Morgan fingerprint density at radius 2 is 2.03 bits per heavy atom. The zero-order valence-electron chi connectivity index (χ0n) is 16.9. The molecule has 0 saturated heterocycles. The van der Waals surface area contributed by atoms with Gasteiger partial charge < -0.3 is 10.6 Å². The molecule has 3 rings (SSSR count). The molecule has 1 aliphatic rings. The first-order valence-corrected chi connectivity index (χ1v) is 10.7. The van der Waals surface area contributed by atoms with Crippen molar-refractivity contribution in [3.05, 3.63) is 71.2 Å². The Kier molecular flexibility index (Phi) is 6.52. The molecule has 1 aromatic heterocycles. The summed E-state index contributed by atoms with van der Waals surface area (Å²) in [4.78, 5) is 7.54. The Bertz CT molecular complexity index is 1330. The summed E-state index contributed by atoms with van der Waals surface area (Å²) < 4.78 is 77.6. The molecule has 1 aliphatic carbocycles. The second-order valence-corrected chi connectivity index (χ2v) is 8.41. The summed E-state index contributed by atoms with van der Waals surface area (Å²) >= 11 is 0. The molecule has 4 N–H and O–H groups in total. The third-order valence-corrected chi connectivity index (χ3v) is 5.52. The molecule has 0 radical (unpaired) electrons. The van der Waals surface area contributed by atoms with E-state index >= 15 is 0 Å². The number of allylic oxidation sites excluding steroid dienone is 4. The number of aryl methyl sites for hydroxylation is 1. The predicted molar refractivity (Wildman–Crippen MR) is 112 cm³/mol. The summed E-state index contributed by atoms with van der Waals surface area (Å²) in [6.45, 7) is 1.55. The van der Waals surface area contributed by atoms with Crippen LogP contribution in [-0.2, 0) is 10.0 Å². The third kappa shape index (κ3) is 5.73. The maximum atomic E-state index is 14.2. The largest absolute Gasteiger partial charge is 0.416 e. The highest BCUT2D eigenvalue weighted by atomic mass is 32.2. The Hall–Kier alpha value is -3.76. The number of nitrogens with one attached hydrogen (secondary N) is 2. The molecule has 0 amide bonds. The van der Waals surface area contributed by atoms with Gasteiger partial charge in [0, 0.05) is 11.8 Å². The van der Waals surface area contributed by atoms with Crippen molar-refractivity contribution in [2.75, 3.05) is 10.6 Å². The Labute approximate surface area is 186 Å². The van der Waals surface area contributed by atoms with Gasteiger partial charge in [-0.05, 0) is 36.3 Å². The summed E-state index contributed by atoms with van der Waals surface area (Å²) in [5.74, 6) is -1.47. The molecule has 172 valence electrons. The number of halogens is 4. The maximum Gasteiger partial charge on any atom is 0.416 e. The molecule has 1 unspecified atom stereocenters. The van der Waals surface area contributed by atoms with Crippen molar-refractivity contribution in [3.63, 3.8) is 0 Å². The first kappa shape index (κ1) is 23.9. The number of sulfonamides is 1. The molecule has 1 aromatic carbocycles. The van der Waals surface area contributed by atoms with E-state index in [0.717, 1.165) is 24.4 Å². The second-order valence-electron chi connectivity index (χ2n) is 6.88. The number of alkyl halides is 3. The maximum absolute atomic E-state index is 14.2.